The predicted molar refractivity (Wildman–Crippen MR) is 288 cm³/mol. The lowest BCUT2D eigenvalue weighted by Crippen LogP contribution is -2.30. The highest BCUT2D eigenvalue weighted by atomic mass is 16.6. The molecule has 0 rings (SSSR count). The molecule has 0 aromatic heterocycles. The molecule has 5 heteroatoms. The lowest BCUT2D eigenvalue weighted by atomic mass is 10.1. The summed E-state index contributed by atoms with van der Waals surface area (Å²) in [6.45, 7) is 7.45. The highest BCUT2D eigenvalue weighted by molar-refractivity contribution is 5.70. The fraction of sp³-hybridized carbons (Fsp3) is 0.607. The Kier molecular flexibility index (Phi) is 52.0. The van der Waals surface area contributed by atoms with Gasteiger partial charge in [0.05, 0.1) is 6.61 Å². The predicted octanol–water partition coefficient (Wildman–Crippen LogP) is 18.3. The number of hydrogen-bond donors (Lipinski definition) is 0. The summed E-state index contributed by atoms with van der Waals surface area (Å²) in [5, 5.41) is 0. The Bertz CT molecular complexity index is 1400. The molecule has 0 N–H and O–H groups in total. The molecule has 0 heterocycles. The van der Waals surface area contributed by atoms with E-state index in [1.807, 2.05) is 0 Å². The number of allylic oxidation sites excluding steroid dienone is 22. The minimum atomic E-state index is -0.602. The Morgan fingerprint density at radius 3 is 1.11 bits per heavy atom. The van der Waals surface area contributed by atoms with Crippen LogP contribution >= 0.6 is 0 Å². The van der Waals surface area contributed by atoms with E-state index in [-0.39, 0.29) is 25.2 Å². The minimum Gasteiger partial charge on any atom is -0.462 e. The van der Waals surface area contributed by atoms with Crippen LogP contribution in [-0.2, 0) is 23.8 Å². The van der Waals surface area contributed by atoms with E-state index < -0.39 is 6.10 Å². The molecule has 0 saturated carbocycles. The Morgan fingerprint density at radius 2 is 0.682 bits per heavy atom. The molecule has 0 fully saturated rings. The molecule has 372 valence electrons. The van der Waals surface area contributed by atoms with Crippen LogP contribution in [0, 0.1) is 0 Å². The largest absolute Gasteiger partial charge is 0.462 e. The molecule has 0 aliphatic carbocycles. The first-order valence-corrected chi connectivity index (χ1v) is 26.7. The van der Waals surface area contributed by atoms with E-state index in [1.165, 1.54) is 77.0 Å². The monoisotopic (exact) mass is 911 g/mol. The fourth-order valence-electron chi connectivity index (χ4n) is 6.75. The van der Waals surface area contributed by atoms with Gasteiger partial charge in [0, 0.05) is 19.4 Å². The van der Waals surface area contributed by atoms with Crippen molar-refractivity contribution in [2.45, 2.75) is 219 Å². The zero-order valence-corrected chi connectivity index (χ0v) is 42.7. The molecule has 0 aromatic rings. The lowest BCUT2D eigenvalue weighted by molar-refractivity contribution is -0.162. The molecular weight excluding hydrogens is 813 g/mol. The number of esters is 2. The van der Waals surface area contributed by atoms with Crippen LogP contribution in [0.5, 0.6) is 0 Å². The average molecular weight is 911 g/mol. The van der Waals surface area contributed by atoms with Gasteiger partial charge in [0.1, 0.15) is 6.61 Å². The molecule has 0 bridgehead atoms. The smallest absolute Gasteiger partial charge is 0.306 e. The fourth-order valence-corrected chi connectivity index (χ4v) is 6.75. The van der Waals surface area contributed by atoms with Gasteiger partial charge in [-0.2, -0.15) is 0 Å². The number of rotatable bonds is 47. The molecule has 5 nitrogen and oxygen atoms in total. The molecule has 0 aliphatic heterocycles. The summed E-state index contributed by atoms with van der Waals surface area (Å²) in [6.07, 6.45) is 79.0. The van der Waals surface area contributed by atoms with Gasteiger partial charge in [0.25, 0.3) is 0 Å². The van der Waals surface area contributed by atoms with E-state index in [0.29, 0.717) is 25.9 Å². The van der Waals surface area contributed by atoms with Crippen molar-refractivity contribution in [1.29, 1.82) is 0 Å². The van der Waals surface area contributed by atoms with Crippen molar-refractivity contribution in [2.24, 2.45) is 0 Å². The van der Waals surface area contributed by atoms with Crippen LogP contribution in [0.4, 0.5) is 0 Å². The Morgan fingerprint density at radius 1 is 0.348 bits per heavy atom. The lowest BCUT2D eigenvalue weighted by Gasteiger charge is -2.18. The maximum atomic E-state index is 12.8. The van der Waals surface area contributed by atoms with Crippen molar-refractivity contribution in [3.8, 4) is 0 Å². The molecule has 66 heavy (non-hydrogen) atoms. The topological polar surface area (TPSA) is 61.8 Å². The molecule has 0 aliphatic rings. The molecule has 0 radical (unpaired) electrons. The van der Waals surface area contributed by atoms with Crippen molar-refractivity contribution in [3.63, 3.8) is 0 Å². The van der Waals surface area contributed by atoms with E-state index in [1.54, 1.807) is 0 Å². The van der Waals surface area contributed by atoms with E-state index in [4.69, 9.17) is 14.2 Å². The molecule has 1 atom stereocenters. The molecule has 0 aromatic carbocycles. The summed E-state index contributed by atoms with van der Waals surface area (Å²) in [6, 6.07) is 0. The molecule has 0 amide bonds. The van der Waals surface area contributed by atoms with Crippen molar-refractivity contribution < 1.29 is 23.8 Å². The van der Waals surface area contributed by atoms with Crippen molar-refractivity contribution in [2.75, 3.05) is 19.8 Å². The minimum absolute atomic E-state index is 0.0222. The summed E-state index contributed by atoms with van der Waals surface area (Å²) >= 11 is 0. The van der Waals surface area contributed by atoms with Crippen molar-refractivity contribution in [3.05, 3.63) is 134 Å². The van der Waals surface area contributed by atoms with Crippen LogP contribution in [0.2, 0.25) is 0 Å². The van der Waals surface area contributed by atoms with Gasteiger partial charge in [0.2, 0.25) is 0 Å². The number of ether oxygens (including phenoxy) is 3. The van der Waals surface area contributed by atoms with E-state index in [2.05, 4.69) is 154 Å². The number of unbranched alkanes of at least 4 members (excludes halogenated alkanes) is 14. The maximum absolute atomic E-state index is 12.8. The summed E-state index contributed by atoms with van der Waals surface area (Å²) in [5.41, 5.74) is 0. The normalized spacial score (nSPS) is 13.3. The second kappa shape index (κ2) is 55.4. The molecule has 0 spiro atoms. The van der Waals surface area contributed by atoms with Gasteiger partial charge in [-0.3, -0.25) is 9.59 Å². The van der Waals surface area contributed by atoms with Crippen LogP contribution in [0.15, 0.2) is 134 Å². The maximum Gasteiger partial charge on any atom is 0.306 e. The summed E-state index contributed by atoms with van der Waals surface area (Å²) in [7, 11) is 0. The van der Waals surface area contributed by atoms with Crippen LogP contribution in [-0.4, -0.2) is 37.9 Å². The number of carbonyl (C=O) groups is 2. The Labute approximate surface area is 407 Å². The first-order valence-electron chi connectivity index (χ1n) is 26.7. The van der Waals surface area contributed by atoms with Crippen LogP contribution in [0.3, 0.4) is 0 Å². The Balaban J connectivity index is 4.50. The second-order valence-electron chi connectivity index (χ2n) is 17.0. The van der Waals surface area contributed by atoms with Gasteiger partial charge in [-0.25, -0.2) is 0 Å². The third-order valence-corrected chi connectivity index (χ3v) is 10.7. The highest BCUT2D eigenvalue weighted by Crippen LogP contribution is 2.11. The molecular formula is C61H98O5. The van der Waals surface area contributed by atoms with E-state index >= 15 is 0 Å². The summed E-state index contributed by atoms with van der Waals surface area (Å²) < 4.78 is 17.3. The Hall–Kier alpha value is -3.96. The summed E-state index contributed by atoms with van der Waals surface area (Å²) in [4.78, 5) is 25.4. The van der Waals surface area contributed by atoms with Gasteiger partial charge >= 0.3 is 11.9 Å². The van der Waals surface area contributed by atoms with Gasteiger partial charge in [-0.05, 0) is 122 Å². The highest BCUT2D eigenvalue weighted by Gasteiger charge is 2.17. The van der Waals surface area contributed by atoms with Gasteiger partial charge in [-0.1, -0.05) is 212 Å². The molecule has 0 saturated heterocycles. The van der Waals surface area contributed by atoms with Gasteiger partial charge < -0.3 is 14.2 Å². The standard InChI is InChI=1S/C61H98O5/c1-4-7-10-13-16-19-22-25-28-31-33-36-39-42-45-48-51-54-60(62)65-58-59(57-64-56-53-50-47-44-41-38-35-30-27-24-21-18-15-12-9-6-3)66-61(63)55-52-49-46-43-40-37-34-32-29-26-23-20-17-14-11-8-5-2/h7-8,10-11,16-17,19-20,25-30,33-34,36-37,42-43,45-46,59H,4-6,9,12-15,18,21-24,31-32,35,38-41,44,47-58H2,1-3H3/b10-7-,11-8-,19-16-,20-17-,28-25-,29-26-,30-27-,36-33-,37-34-,45-42-,46-43-. The third-order valence-electron chi connectivity index (χ3n) is 10.7. The second-order valence-corrected chi connectivity index (χ2v) is 17.0. The first-order chi connectivity index (χ1) is 32.6. The van der Waals surface area contributed by atoms with Crippen LogP contribution < -0.4 is 0 Å². The quantitative estimate of drug-likeness (QED) is 0.0346. The first kappa shape index (κ1) is 62.0. The van der Waals surface area contributed by atoms with Gasteiger partial charge in [-0.15, -0.1) is 0 Å². The van der Waals surface area contributed by atoms with Crippen molar-refractivity contribution >= 4 is 11.9 Å². The van der Waals surface area contributed by atoms with Crippen LogP contribution in [0.25, 0.3) is 0 Å². The zero-order valence-electron chi connectivity index (χ0n) is 42.7. The van der Waals surface area contributed by atoms with Crippen molar-refractivity contribution in [1.82, 2.24) is 0 Å². The number of hydrogen-bond acceptors (Lipinski definition) is 5. The zero-order chi connectivity index (χ0) is 47.7. The van der Waals surface area contributed by atoms with E-state index in [9.17, 15) is 9.59 Å². The molecule has 1 unspecified atom stereocenters. The number of carbonyl (C=O) groups excluding carboxylic acids is 2. The third kappa shape index (κ3) is 52.7. The summed E-state index contributed by atoms with van der Waals surface area (Å²) in [5.74, 6) is -0.544. The van der Waals surface area contributed by atoms with Crippen LogP contribution in [0.1, 0.15) is 213 Å². The van der Waals surface area contributed by atoms with E-state index in [0.717, 1.165) is 96.3 Å². The average Bonchev–Trinajstić information content (AvgIpc) is 3.32. The SMILES string of the molecule is CC/C=C\C/C=C\C/C=C\C/C=C\C/C=C\CCCC(=O)OCC(COCCCCCCCC/C=C\CCCCCCCC)OC(=O)CCC/C=C\C/C=C\C/C=C\C/C=C\C/C=C\CC. The van der Waals surface area contributed by atoms with Gasteiger partial charge in [0.15, 0.2) is 6.10 Å².